The van der Waals surface area contributed by atoms with Gasteiger partial charge in [-0.2, -0.15) is 0 Å². The molecule has 0 saturated heterocycles. The monoisotopic (exact) mass is 886 g/mol. The van der Waals surface area contributed by atoms with Crippen molar-refractivity contribution in [1.82, 2.24) is 24.9 Å². The number of fused-ring (bicyclic) bond motifs is 1. The molecule has 2 aromatic heterocycles. The first-order valence-corrected chi connectivity index (χ1v) is 21.5. The Balaban J connectivity index is 1.32. The minimum absolute atomic E-state index is 0.107. The van der Waals surface area contributed by atoms with Crippen LogP contribution in [0.1, 0.15) is 44.5 Å². The Morgan fingerprint density at radius 2 is 1.00 bits per heavy atom. The lowest BCUT2D eigenvalue weighted by molar-refractivity contribution is 0.148. The molecule has 0 unspecified atom stereocenters. The van der Waals surface area contributed by atoms with Gasteiger partial charge in [-0.3, -0.25) is 0 Å². The van der Waals surface area contributed by atoms with Crippen molar-refractivity contribution in [3.63, 3.8) is 0 Å². The van der Waals surface area contributed by atoms with Gasteiger partial charge in [0.05, 0.1) is 0 Å². The summed E-state index contributed by atoms with van der Waals surface area (Å²) >= 11 is 3.92. The second-order valence-electron chi connectivity index (χ2n) is 15.2. The standard InChI is InChI=1S/C54H43BrN6O2/c55-48(36-37-60(52(62)63)39-40-22-8-1-9-23-40)47-38-49(57-53(41-24-10-2-11-25-41,42-26-12-3-13-27-42)43-28-14-4-15-29-43)56-51-50(47)58-59-61(51)54(44-30-16-5-17-31-44,45-32-18-6-19-33-45)46-34-20-7-21-35-46/h1-36,38H,37,39H2,(H,56,57)(H,62,63)/b48-36+. The summed E-state index contributed by atoms with van der Waals surface area (Å²) in [4.78, 5) is 19.5. The van der Waals surface area contributed by atoms with Gasteiger partial charge in [-0.25, -0.2) is 14.5 Å². The number of anilines is 1. The van der Waals surface area contributed by atoms with E-state index in [9.17, 15) is 9.90 Å². The SMILES string of the molecule is O=C(O)N(C/C=C(/Br)c1cc(NC(c2ccccc2)(c2ccccc2)c2ccccc2)nc2c1nnn2C(c1ccccc1)(c1ccccc1)c1ccccc1)Cc1ccccc1. The van der Waals surface area contributed by atoms with E-state index in [1.54, 1.807) is 0 Å². The van der Waals surface area contributed by atoms with Crippen molar-refractivity contribution in [2.75, 3.05) is 11.9 Å². The largest absolute Gasteiger partial charge is 0.465 e. The average Bonchev–Trinajstić information content (AvgIpc) is 3.78. The van der Waals surface area contributed by atoms with E-state index in [4.69, 9.17) is 15.3 Å². The Morgan fingerprint density at radius 1 is 0.603 bits per heavy atom. The topological polar surface area (TPSA) is 96.2 Å². The van der Waals surface area contributed by atoms with Crippen LogP contribution in [0.15, 0.2) is 224 Å². The van der Waals surface area contributed by atoms with Gasteiger partial charge in [-0.1, -0.05) is 240 Å². The summed E-state index contributed by atoms with van der Waals surface area (Å²) in [6, 6.07) is 73.7. The Kier molecular flexibility index (Phi) is 11.7. The van der Waals surface area contributed by atoms with Crippen LogP contribution < -0.4 is 5.32 Å². The van der Waals surface area contributed by atoms with Crippen LogP contribution in [-0.4, -0.2) is 42.6 Å². The smallest absolute Gasteiger partial charge is 0.407 e. The molecule has 0 spiro atoms. The van der Waals surface area contributed by atoms with Crippen LogP contribution in [0.2, 0.25) is 0 Å². The van der Waals surface area contributed by atoms with Crippen LogP contribution in [0.4, 0.5) is 10.6 Å². The Bertz CT molecular complexity index is 2760. The summed E-state index contributed by atoms with van der Waals surface area (Å²) in [6.07, 6.45) is 0.840. The fourth-order valence-electron chi connectivity index (χ4n) is 8.57. The van der Waals surface area contributed by atoms with Gasteiger partial charge >= 0.3 is 6.09 Å². The lowest BCUT2D eigenvalue weighted by Gasteiger charge is -2.38. The second-order valence-corrected chi connectivity index (χ2v) is 16.1. The van der Waals surface area contributed by atoms with Gasteiger partial charge in [-0.05, 0) is 45.0 Å². The van der Waals surface area contributed by atoms with E-state index in [-0.39, 0.29) is 13.1 Å². The number of hydrogen-bond acceptors (Lipinski definition) is 5. The van der Waals surface area contributed by atoms with E-state index in [2.05, 4.69) is 130 Å². The summed E-state index contributed by atoms with van der Waals surface area (Å²) in [6.45, 7) is 0.332. The van der Waals surface area contributed by atoms with Gasteiger partial charge in [0.15, 0.2) is 5.65 Å². The van der Waals surface area contributed by atoms with Crippen molar-refractivity contribution >= 4 is 43.5 Å². The van der Waals surface area contributed by atoms with Crippen molar-refractivity contribution < 1.29 is 9.90 Å². The highest BCUT2D eigenvalue weighted by Gasteiger charge is 2.42. The van der Waals surface area contributed by atoms with E-state index in [0.717, 1.165) is 38.9 Å². The molecule has 9 heteroatoms. The number of carboxylic acid groups (broad SMARTS) is 1. The van der Waals surface area contributed by atoms with Crippen molar-refractivity contribution in [3.05, 3.63) is 269 Å². The van der Waals surface area contributed by atoms with Crippen molar-refractivity contribution in [1.29, 1.82) is 0 Å². The third-order valence-electron chi connectivity index (χ3n) is 11.5. The lowest BCUT2D eigenvalue weighted by Crippen LogP contribution is -2.39. The van der Waals surface area contributed by atoms with Gasteiger partial charge in [0.25, 0.3) is 0 Å². The number of halogens is 1. The number of nitrogens with one attached hydrogen (secondary N) is 1. The first-order chi connectivity index (χ1) is 31.0. The van der Waals surface area contributed by atoms with Gasteiger partial charge in [0, 0.05) is 23.1 Å². The van der Waals surface area contributed by atoms with E-state index in [1.165, 1.54) is 4.90 Å². The molecule has 9 rings (SSSR count). The molecule has 0 radical (unpaired) electrons. The van der Waals surface area contributed by atoms with Crippen molar-refractivity contribution in [2.24, 2.45) is 0 Å². The molecular weight excluding hydrogens is 845 g/mol. The van der Waals surface area contributed by atoms with E-state index >= 15 is 0 Å². The van der Waals surface area contributed by atoms with Gasteiger partial charge in [-0.15, -0.1) is 5.10 Å². The highest BCUT2D eigenvalue weighted by molar-refractivity contribution is 9.15. The van der Waals surface area contributed by atoms with Crippen LogP contribution >= 0.6 is 15.9 Å². The quantitative estimate of drug-likeness (QED) is 0.106. The lowest BCUT2D eigenvalue weighted by atomic mass is 9.77. The molecule has 0 aliphatic carbocycles. The number of aromatic nitrogens is 4. The summed E-state index contributed by atoms with van der Waals surface area (Å²) in [5, 5.41) is 24.3. The summed E-state index contributed by atoms with van der Waals surface area (Å²) in [7, 11) is 0. The molecule has 1 amide bonds. The maximum absolute atomic E-state index is 12.6. The number of hydrogen-bond donors (Lipinski definition) is 2. The van der Waals surface area contributed by atoms with E-state index in [0.29, 0.717) is 27.0 Å². The van der Waals surface area contributed by atoms with Gasteiger partial charge in [0.1, 0.15) is 22.4 Å². The van der Waals surface area contributed by atoms with E-state index < -0.39 is 17.2 Å². The number of pyridine rings is 1. The zero-order valence-corrected chi connectivity index (χ0v) is 35.8. The minimum atomic E-state index is -1.03. The van der Waals surface area contributed by atoms with Crippen LogP contribution in [0.25, 0.3) is 15.6 Å². The highest BCUT2D eigenvalue weighted by Crippen LogP contribution is 2.44. The zero-order chi connectivity index (χ0) is 43.1. The molecule has 0 fully saturated rings. The molecule has 8 nitrogen and oxygen atoms in total. The van der Waals surface area contributed by atoms with Gasteiger partial charge in [0.2, 0.25) is 0 Å². The number of nitrogens with zero attached hydrogens (tertiary/aromatic N) is 5. The minimum Gasteiger partial charge on any atom is -0.465 e. The third kappa shape index (κ3) is 7.91. The van der Waals surface area contributed by atoms with Crippen LogP contribution in [0.5, 0.6) is 0 Å². The maximum atomic E-state index is 12.6. The summed E-state index contributed by atoms with van der Waals surface area (Å²) in [5.41, 5.74) is 6.62. The second kappa shape index (κ2) is 18.2. The fraction of sp³-hybridized carbons (Fsp3) is 0.0741. The summed E-state index contributed by atoms with van der Waals surface area (Å²) in [5.74, 6) is 0.547. The molecule has 0 saturated carbocycles. The number of amides is 1. The first kappa shape index (κ1) is 40.8. The Morgan fingerprint density at radius 3 is 1.41 bits per heavy atom. The number of carbonyl (C=O) groups is 1. The molecule has 2 heterocycles. The van der Waals surface area contributed by atoms with Crippen molar-refractivity contribution in [3.8, 4) is 0 Å². The zero-order valence-electron chi connectivity index (χ0n) is 34.2. The maximum Gasteiger partial charge on any atom is 0.407 e. The molecule has 0 aliphatic rings. The molecular formula is C54H43BrN6O2. The summed E-state index contributed by atoms with van der Waals surface area (Å²) < 4.78 is 2.57. The van der Waals surface area contributed by atoms with Crippen LogP contribution in [-0.2, 0) is 17.6 Å². The van der Waals surface area contributed by atoms with E-state index in [1.807, 2.05) is 120 Å². The van der Waals surface area contributed by atoms with Crippen LogP contribution in [0, 0.1) is 0 Å². The highest BCUT2D eigenvalue weighted by atomic mass is 79.9. The molecule has 0 aliphatic heterocycles. The van der Waals surface area contributed by atoms with Crippen molar-refractivity contribution in [2.45, 2.75) is 17.6 Å². The predicted molar refractivity (Wildman–Crippen MR) is 255 cm³/mol. The molecule has 7 aromatic carbocycles. The average molecular weight is 888 g/mol. The molecule has 308 valence electrons. The Hall–Kier alpha value is -7.62. The number of rotatable bonds is 14. The third-order valence-corrected chi connectivity index (χ3v) is 12.2. The molecule has 9 aromatic rings. The first-order valence-electron chi connectivity index (χ1n) is 20.7. The molecule has 0 bridgehead atoms. The predicted octanol–water partition coefficient (Wildman–Crippen LogP) is 12.0. The molecule has 2 N–H and O–H groups in total. The number of benzene rings is 7. The normalized spacial score (nSPS) is 11.9. The van der Waals surface area contributed by atoms with Gasteiger partial charge < -0.3 is 15.3 Å². The fourth-order valence-corrected chi connectivity index (χ4v) is 9.01. The molecule has 63 heavy (non-hydrogen) atoms. The Labute approximate surface area is 375 Å². The van der Waals surface area contributed by atoms with Crippen LogP contribution in [0.3, 0.4) is 0 Å². The molecule has 0 atom stereocenters.